The number of H-pyrrole nitrogens is 1. The minimum atomic E-state index is 0. The summed E-state index contributed by atoms with van der Waals surface area (Å²) in [7, 11) is 0. The maximum absolute atomic E-state index is 4.12. The van der Waals surface area contributed by atoms with Crippen LogP contribution in [0.5, 0.6) is 0 Å². The van der Waals surface area contributed by atoms with E-state index >= 15 is 0 Å². The molecule has 0 aliphatic rings. The molecule has 2 rings (SSSR count). The minimum absolute atomic E-state index is 0. The van der Waals surface area contributed by atoms with Crippen LogP contribution >= 0.6 is 0 Å². The van der Waals surface area contributed by atoms with Crippen LogP contribution in [-0.2, 0) is 6.42 Å². The standard InChI is InChI=1S/C7H8N4.C2H6.H2/c1-2-5-6-7(10-3-8-5)11-4-9-6;1-2;/h3-4H,2H2,1H3,(H,8,9,10,11);1-2H3;1H. The smallest absolute Gasteiger partial charge is 0.180 e. The molecule has 0 aromatic carbocycles. The largest absolute Gasteiger partial charge is 0.342 e. The summed E-state index contributed by atoms with van der Waals surface area (Å²) >= 11 is 0. The highest BCUT2D eigenvalue weighted by atomic mass is 15.0. The molecule has 2 heterocycles. The van der Waals surface area contributed by atoms with Crippen LogP contribution in [0, 0.1) is 0 Å². The number of nitrogens with one attached hydrogen (secondary N) is 1. The van der Waals surface area contributed by atoms with Crippen molar-refractivity contribution in [3.63, 3.8) is 0 Å². The Morgan fingerprint density at radius 2 is 2.08 bits per heavy atom. The molecular weight excluding hydrogens is 164 g/mol. The molecule has 4 nitrogen and oxygen atoms in total. The van der Waals surface area contributed by atoms with Gasteiger partial charge in [0.05, 0.1) is 12.0 Å². The first-order valence-electron chi connectivity index (χ1n) is 4.54. The van der Waals surface area contributed by atoms with Gasteiger partial charge in [-0.25, -0.2) is 15.0 Å². The van der Waals surface area contributed by atoms with E-state index in [4.69, 9.17) is 0 Å². The molecule has 1 N–H and O–H groups in total. The van der Waals surface area contributed by atoms with E-state index in [0.29, 0.717) is 0 Å². The molecule has 0 radical (unpaired) electrons. The maximum atomic E-state index is 4.12. The van der Waals surface area contributed by atoms with Gasteiger partial charge in [0.1, 0.15) is 11.8 Å². The third-order valence-corrected chi connectivity index (χ3v) is 1.64. The Labute approximate surface area is 78.9 Å². The molecule has 0 spiro atoms. The summed E-state index contributed by atoms with van der Waals surface area (Å²) in [6.07, 6.45) is 4.09. The maximum Gasteiger partial charge on any atom is 0.180 e. The Balaban J connectivity index is 0.000000531. The van der Waals surface area contributed by atoms with E-state index < -0.39 is 0 Å². The van der Waals surface area contributed by atoms with Crippen LogP contribution in [0.25, 0.3) is 11.2 Å². The summed E-state index contributed by atoms with van der Waals surface area (Å²) in [5.41, 5.74) is 2.72. The zero-order valence-electron chi connectivity index (χ0n) is 8.20. The Kier molecular flexibility index (Phi) is 3.37. The molecule has 0 atom stereocenters. The monoisotopic (exact) mass is 180 g/mol. The molecule has 2 aromatic rings. The zero-order chi connectivity index (χ0) is 9.68. The summed E-state index contributed by atoms with van der Waals surface area (Å²) in [5.74, 6) is 0. The average Bonchev–Trinajstić information content (AvgIpc) is 2.68. The minimum Gasteiger partial charge on any atom is -0.342 e. The van der Waals surface area contributed by atoms with Crippen molar-refractivity contribution in [2.45, 2.75) is 27.2 Å². The van der Waals surface area contributed by atoms with Crippen LogP contribution in [0.1, 0.15) is 27.9 Å². The van der Waals surface area contributed by atoms with E-state index in [1.165, 1.54) is 0 Å². The molecule has 0 aliphatic heterocycles. The Morgan fingerprint density at radius 3 is 2.77 bits per heavy atom. The lowest BCUT2D eigenvalue weighted by Crippen LogP contribution is -1.89. The van der Waals surface area contributed by atoms with Gasteiger partial charge in [0.2, 0.25) is 0 Å². The molecule has 4 heteroatoms. The van der Waals surface area contributed by atoms with Crippen molar-refractivity contribution in [2.24, 2.45) is 0 Å². The van der Waals surface area contributed by atoms with E-state index in [1.807, 2.05) is 13.8 Å². The van der Waals surface area contributed by atoms with E-state index in [-0.39, 0.29) is 1.43 Å². The number of hydrogen-bond donors (Lipinski definition) is 1. The van der Waals surface area contributed by atoms with Gasteiger partial charge in [-0.3, -0.25) is 0 Å². The van der Waals surface area contributed by atoms with Crippen LogP contribution in [0.15, 0.2) is 12.7 Å². The lowest BCUT2D eigenvalue weighted by atomic mass is 10.3. The van der Waals surface area contributed by atoms with Gasteiger partial charge in [-0.1, -0.05) is 20.8 Å². The predicted molar refractivity (Wildman–Crippen MR) is 54.5 cm³/mol. The van der Waals surface area contributed by atoms with Crippen molar-refractivity contribution >= 4 is 11.2 Å². The number of hydrogen-bond acceptors (Lipinski definition) is 3. The van der Waals surface area contributed by atoms with Gasteiger partial charge in [0.15, 0.2) is 5.65 Å². The zero-order valence-corrected chi connectivity index (χ0v) is 8.20. The van der Waals surface area contributed by atoms with Crippen LogP contribution in [0.2, 0.25) is 0 Å². The third kappa shape index (κ3) is 1.83. The lowest BCUT2D eigenvalue weighted by molar-refractivity contribution is 1.02. The second-order valence-corrected chi connectivity index (χ2v) is 2.28. The molecule has 0 fully saturated rings. The van der Waals surface area contributed by atoms with Crippen molar-refractivity contribution in [3.8, 4) is 0 Å². The summed E-state index contributed by atoms with van der Waals surface area (Å²) in [4.78, 5) is 15.1. The lowest BCUT2D eigenvalue weighted by Gasteiger charge is -1.93. The molecule has 0 unspecified atom stereocenters. The number of rotatable bonds is 1. The highest BCUT2D eigenvalue weighted by Gasteiger charge is 2.01. The van der Waals surface area contributed by atoms with Crippen molar-refractivity contribution in [3.05, 3.63) is 18.3 Å². The van der Waals surface area contributed by atoms with Gasteiger partial charge < -0.3 is 4.98 Å². The molecule has 0 amide bonds. The van der Waals surface area contributed by atoms with Gasteiger partial charge in [0, 0.05) is 1.43 Å². The summed E-state index contributed by atoms with van der Waals surface area (Å²) in [5, 5.41) is 0. The van der Waals surface area contributed by atoms with E-state index in [2.05, 4.69) is 26.9 Å². The van der Waals surface area contributed by atoms with Crippen molar-refractivity contribution in [1.29, 1.82) is 0 Å². The van der Waals surface area contributed by atoms with Gasteiger partial charge in [0.25, 0.3) is 0 Å². The number of imidazole rings is 1. The fourth-order valence-corrected chi connectivity index (χ4v) is 1.08. The molecular formula is C9H16N4. The molecule has 72 valence electrons. The summed E-state index contributed by atoms with van der Waals surface area (Å²) in [6.45, 7) is 6.06. The van der Waals surface area contributed by atoms with E-state index in [9.17, 15) is 0 Å². The SMILES string of the molecule is CC.CCc1ncnc2nc[nH]c12.[HH]. The predicted octanol–water partition coefficient (Wildman–Crippen LogP) is 2.19. The van der Waals surface area contributed by atoms with Crippen LogP contribution in [-0.4, -0.2) is 19.9 Å². The number of nitrogens with zero attached hydrogens (tertiary/aromatic N) is 3. The molecule has 0 saturated heterocycles. The van der Waals surface area contributed by atoms with Crippen LogP contribution < -0.4 is 0 Å². The quantitative estimate of drug-likeness (QED) is 0.731. The molecule has 13 heavy (non-hydrogen) atoms. The highest BCUT2D eigenvalue weighted by molar-refractivity contribution is 5.71. The van der Waals surface area contributed by atoms with Crippen LogP contribution in [0.3, 0.4) is 0 Å². The number of aromatic nitrogens is 4. The fraction of sp³-hybridized carbons (Fsp3) is 0.444. The number of aromatic amines is 1. The Morgan fingerprint density at radius 1 is 1.31 bits per heavy atom. The summed E-state index contributed by atoms with van der Waals surface area (Å²) in [6, 6.07) is 0. The van der Waals surface area contributed by atoms with Crippen molar-refractivity contribution in [2.75, 3.05) is 0 Å². The molecule has 0 saturated carbocycles. The highest BCUT2D eigenvalue weighted by Crippen LogP contribution is 2.08. The first-order chi connectivity index (χ1) is 6.42. The van der Waals surface area contributed by atoms with E-state index in [0.717, 1.165) is 23.3 Å². The van der Waals surface area contributed by atoms with Gasteiger partial charge >= 0.3 is 0 Å². The normalized spacial score (nSPS) is 9.46. The van der Waals surface area contributed by atoms with Gasteiger partial charge in [-0.2, -0.15) is 0 Å². The Bertz CT molecular complexity index is 372. The second-order valence-electron chi connectivity index (χ2n) is 2.28. The van der Waals surface area contributed by atoms with Crippen molar-refractivity contribution < 1.29 is 1.43 Å². The molecule has 0 aliphatic carbocycles. The number of fused-ring (bicyclic) bond motifs is 1. The molecule has 0 bridgehead atoms. The first-order valence-corrected chi connectivity index (χ1v) is 4.54. The second kappa shape index (κ2) is 4.54. The summed E-state index contributed by atoms with van der Waals surface area (Å²) < 4.78 is 0. The third-order valence-electron chi connectivity index (χ3n) is 1.64. The van der Waals surface area contributed by atoms with Crippen molar-refractivity contribution in [1.82, 2.24) is 19.9 Å². The fourth-order valence-electron chi connectivity index (χ4n) is 1.08. The van der Waals surface area contributed by atoms with Crippen LogP contribution in [0.4, 0.5) is 0 Å². The topological polar surface area (TPSA) is 54.5 Å². The number of aryl methyl sites for hydroxylation is 1. The Hall–Kier alpha value is -1.45. The average molecular weight is 180 g/mol. The van der Waals surface area contributed by atoms with Gasteiger partial charge in [-0.05, 0) is 6.42 Å². The molecule has 2 aromatic heterocycles. The van der Waals surface area contributed by atoms with E-state index in [1.54, 1.807) is 12.7 Å². The van der Waals surface area contributed by atoms with Gasteiger partial charge in [-0.15, -0.1) is 0 Å². The first kappa shape index (κ1) is 9.64.